The van der Waals surface area contributed by atoms with Crippen LogP contribution in [0.3, 0.4) is 0 Å². The normalized spacial score (nSPS) is 25.6. The van der Waals surface area contributed by atoms with E-state index in [0.29, 0.717) is 31.0 Å². The molecule has 1 amide bonds. The third-order valence-electron chi connectivity index (χ3n) is 5.21. The molecular formula is C20H30N2O2. The van der Waals surface area contributed by atoms with Crippen molar-refractivity contribution in [2.24, 2.45) is 5.92 Å². The molecular weight excluding hydrogens is 300 g/mol. The quantitative estimate of drug-likeness (QED) is 0.685. The smallest absolute Gasteiger partial charge is 0.220 e. The van der Waals surface area contributed by atoms with Gasteiger partial charge in [0.1, 0.15) is 0 Å². The van der Waals surface area contributed by atoms with E-state index in [9.17, 15) is 4.79 Å². The molecule has 1 aromatic carbocycles. The van der Waals surface area contributed by atoms with E-state index in [-0.39, 0.29) is 5.91 Å². The first-order valence-corrected chi connectivity index (χ1v) is 9.44. The van der Waals surface area contributed by atoms with E-state index in [4.69, 9.17) is 4.74 Å². The number of ether oxygens (including phenoxy) is 1. The van der Waals surface area contributed by atoms with E-state index in [2.05, 4.69) is 34.9 Å². The molecule has 2 aliphatic heterocycles. The second kappa shape index (κ2) is 9.19. The van der Waals surface area contributed by atoms with Gasteiger partial charge in [0.2, 0.25) is 5.91 Å². The Morgan fingerprint density at radius 3 is 2.62 bits per heavy atom. The number of piperidine rings is 1. The predicted molar refractivity (Wildman–Crippen MR) is 95.9 cm³/mol. The molecule has 0 aromatic heterocycles. The van der Waals surface area contributed by atoms with Crippen molar-refractivity contribution in [3.05, 3.63) is 35.9 Å². The lowest BCUT2D eigenvalue weighted by atomic mass is 9.89. The highest BCUT2D eigenvalue weighted by Gasteiger charge is 2.33. The van der Waals surface area contributed by atoms with Gasteiger partial charge in [0.25, 0.3) is 0 Å². The van der Waals surface area contributed by atoms with Crippen molar-refractivity contribution in [1.82, 2.24) is 10.6 Å². The fourth-order valence-electron chi connectivity index (χ4n) is 4.01. The molecule has 2 fully saturated rings. The number of fused-ring (bicyclic) bond motifs is 2. The second-order valence-corrected chi connectivity index (χ2v) is 7.23. The van der Waals surface area contributed by atoms with Crippen molar-refractivity contribution < 1.29 is 9.53 Å². The molecule has 4 heteroatoms. The number of hydrogen-bond donors (Lipinski definition) is 2. The van der Waals surface area contributed by atoms with Crippen molar-refractivity contribution >= 4 is 5.91 Å². The summed E-state index contributed by atoms with van der Waals surface area (Å²) >= 11 is 0. The van der Waals surface area contributed by atoms with Crippen LogP contribution < -0.4 is 10.6 Å². The first-order valence-electron chi connectivity index (χ1n) is 9.44. The molecule has 2 N–H and O–H groups in total. The van der Waals surface area contributed by atoms with Gasteiger partial charge in [0.15, 0.2) is 0 Å². The van der Waals surface area contributed by atoms with Crippen LogP contribution in [0, 0.1) is 5.92 Å². The van der Waals surface area contributed by atoms with E-state index in [1.54, 1.807) is 0 Å². The molecule has 2 atom stereocenters. The van der Waals surface area contributed by atoms with E-state index < -0.39 is 0 Å². The van der Waals surface area contributed by atoms with Gasteiger partial charge in [0, 0.05) is 31.7 Å². The van der Waals surface area contributed by atoms with Crippen LogP contribution in [-0.4, -0.2) is 37.7 Å². The minimum absolute atomic E-state index is 0.214. The van der Waals surface area contributed by atoms with Gasteiger partial charge in [-0.05, 0) is 50.0 Å². The van der Waals surface area contributed by atoms with E-state index in [1.807, 2.05) is 6.07 Å². The van der Waals surface area contributed by atoms with Crippen LogP contribution in [0.25, 0.3) is 0 Å². The highest BCUT2D eigenvalue weighted by Crippen LogP contribution is 2.32. The monoisotopic (exact) mass is 330 g/mol. The van der Waals surface area contributed by atoms with Crippen LogP contribution in [0.5, 0.6) is 0 Å². The molecule has 2 aliphatic rings. The largest absolute Gasteiger partial charge is 0.381 e. The van der Waals surface area contributed by atoms with Gasteiger partial charge in [-0.2, -0.15) is 0 Å². The summed E-state index contributed by atoms with van der Waals surface area (Å²) < 4.78 is 5.65. The van der Waals surface area contributed by atoms with Crippen LogP contribution in [-0.2, 0) is 16.0 Å². The maximum absolute atomic E-state index is 12.0. The van der Waals surface area contributed by atoms with Crippen LogP contribution in [0.15, 0.2) is 30.3 Å². The number of amides is 1. The lowest BCUT2D eigenvalue weighted by molar-refractivity contribution is -0.122. The molecule has 2 unspecified atom stereocenters. The number of nitrogens with one attached hydrogen (secondary N) is 2. The fraction of sp³-hybridized carbons (Fsp3) is 0.650. The number of hydrogen-bond acceptors (Lipinski definition) is 3. The Balaban J connectivity index is 1.19. The predicted octanol–water partition coefficient (Wildman–Crippen LogP) is 2.67. The van der Waals surface area contributed by atoms with Gasteiger partial charge < -0.3 is 15.4 Å². The summed E-state index contributed by atoms with van der Waals surface area (Å²) in [6.45, 7) is 2.18. The lowest BCUT2D eigenvalue weighted by Crippen LogP contribution is -2.39. The van der Waals surface area contributed by atoms with E-state index in [1.165, 1.54) is 31.2 Å². The standard InChI is InChI=1S/C20H30N2O2/c23-20(15-17-13-18-7-8-19(14-17)22-18)21-10-4-11-24-12-9-16-5-2-1-3-6-16/h1-3,5-6,17-19,22H,4,7-15H2,(H,21,23). The number of rotatable bonds is 9. The van der Waals surface area contributed by atoms with Gasteiger partial charge in [0.05, 0.1) is 6.61 Å². The molecule has 0 aliphatic carbocycles. The zero-order chi connectivity index (χ0) is 16.6. The van der Waals surface area contributed by atoms with Gasteiger partial charge in [-0.15, -0.1) is 0 Å². The number of carbonyl (C=O) groups excluding carboxylic acids is 1. The topological polar surface area (TPSA) is 50.4 Å². The SMILES string of the molecule is O=C(CC1CC2CCC(C1)N2)NCCCOCCc1ccccc1. The third kappa shape index (κ3) is 5.60. The summed E-state index contributed by atoms with van der Waals surface area (Å²) in [7, 11) is 0. The average Bonchev–Trinajstić information content (AvgIpc) is 2.93. The molecule has 132 valence electrons. The van der Waals surface area contributed by atoms with Crippen molar-refractivity contribution in [2.45, 2.75) is 57.0 Å². The van der Waals surface area contributed by atoms with E-state index >= 15 is 0 Å². The molecule has 4 nitrogen and oxygen atoms in total. The molecule has 2 heterocycles. The molecule has 0 spiro atoms. The number of benzene rings is 1. The molecule has 3 rings (SSSR count). The zero-order valence-corrected chi connectivity index (χ0v) is 14.5. The summed E-state index contributed by atoms with van der Waals surface area (Å²) in [6.07, 6.45) is 7.47. The Morgan fingerprint density at radius 1 is 1.12 bits per heavy atom. The van der Waals surface area contributed by atoms with Crippen molar-refractivity contribution in [3.63, 3.8) is 0 Å². The molecule has 1 aromatic rings. The summed E-state index contributed by atoms with van der Waals surface area (Å²) in [5.74, 6) is 0.788. The van der Waals surface area contributed by atoms with Crippen LogP contribution >= 0.6 is 0 Å². The first kappa shape index (κ1) is 17.4. The number of carbonyl (C=O) groups is 1. The molecule has 0 radical (unpaired) electrons. The highest BCUT2D eigenvalue weighted by atomic mass is 16.5. The molecule has 2 bridgehead atoms. The summed E-state index contributed by atoms with van der Waals surface area (Å²) in [6, 6.07) is 11.7. The van der Waals surface area contributed by atoms with Gasteiger partial charge in [-0.25, -0.2) is 0 Å². The summed E-state index contributed by atoms with van der Waals surface area (Å²) in [5.41, 5.74) is 1.31. The van der Waals surface area contributed by atoms with Crippen molar-refractivity contribution in [1.29, 1.82) is 0 Å². The van der Waals surface area contributed by atoms with Crippen LogP contribution in [0.2, 0.25) is 0 Å². The maximum Gasteiger partial charge on any atom is 0.220 e. The summed E-state index contributed by atoms with van der Waals surface area (Å²) in [5, 5.41) is 6.68. The Kier molecular flexibility index (Phi) is 6.67. The minimum Gasteiger partial charge on any atom is -0.381 e. The minimum atomic E-state index is 0.214. The Bertz CT molecular complexity index is 494. The fourth-order valence-corrected chi connectivity index (χ4v) is 4.01. The molecule has 2 saturated heterocycles. The van der Waals surface area contributed by atoms with Crippen molar-refractivity contribution in [3.8, 4) is 0 Å². The zero-order valence-electron chi connectivity index (χ0n) is 14.5. The van der Waals surface area contributed by atoms with Crippen LogP contribution in [0.1, 0.15) is 44.1 Å². The molecule has 0 saturated carbocycles. The second-order valence-electron chi connectivity index (χ2n) is 7.23. The van der Waals surface area contributed by atoms with Crippen LogP contribution in [0.4, 0.5) is 0 Å². The van der Waals surface area contributed by atoms with Gasteiger partial charge >= 0.3 is 0 Å². The average molecular weight is 330 g/mol. The van der Waals surface area contributed by atoms with E-state index in [0.717, 1.165) is 26.0 Å². The first-order chi connectivity index (χ1) is 11.8. The van der Waals surface area contributed by atoms with Gasteiger partial charge in [-0.3, -0.25) is 4.79 Å². The summed E-state index contributed by atoms with van der Waals surface area (Å²) in [4.78, 5) is 12.0. The lowest BCUT2D eigenvalue weighted by Gasteiger charge is -2.28. The molecule has 24 heavy (non-hydrogen) atoms. The highest BCUT2D eigenvalue weighted by molar-refractivity contribution is 5.76. The van der Waals surface area contributed by atoms with Gasteiger partial charge in [-0.1, -0.05) is 30.3 Å². The maximum atomic E-state index is 12.0. The Labute approximate surface area is 145 Å². The Morgan fingerprint density at radius 2 is 1.88 bits per heavy atom. The van der Waals surface area contributed by atoms with Crippen molar-refractivity contribution in [2.75, 3.05) is 19.8 Å². The Hall–Kier alpha value is -1.39. The third-order valence-corrected chi connectivity index (χ3v) is 5.21.